The molecule has 0 unspecified atom stereocenters. The van der Waals surface area contributed by atoms with E-state index in [0.717, 1.165) is 24.2 Å². The molecule has 2 aromatic rings. The molecule has 1 aromatic heterocycles. The summed E-state index contributed by atoms with van der Waals surface area (Å²) < 4.78 is 25.4. The molecule has 1 aliphatic rings. The first-order valence-electron chi connectivity index (χ1n) is 7.81. The van der Waals surface area contributed by atoms with Crippen LogP contribution in [0.1, 0.15) is 29.9 Å². The zero-order valence-corrected chi connectivity index (χ0v) is 13.7. The number of aryl methyl sites for hydroxylation is 1. The first-order chi connectivity index (χ1) is 10.6. The second kappa shape index (κ2) is 6.40. The van der Waals surface area contributed by atoms with Crippen molar-refractivity contribution in [3.63, 3.8) is 0 Å². The molecular weight excluding hydrogens is 298 g/mol. The Labute approximate surface area is 131 Å². The Hall–Kier alpha value is -1.37. The number of piperidine rings is 1. The van der Waals surface area contributed by atoms with Crippen LogP contribution in [0.15, 0.2) is 24.4 Å². The van der Waals surface area contributed by atoms with E-state index in [2.05, 4.69) is 33.4 Å². The molecule has 22 heavy (non-hydrogen) atoms. The third-order valence-electron chi connectivity index (χ3n) is 4.53. The van der Waals surface area contributed by atoms with E-state index in [1.807, 2.05) is 6.07 Å². The molecule has 120 valence electrons. The van der Waals surface area contributed by atoms with Crippen LogP contribution in [0.5, 0.6) is 0 Å². The van der Waals surface area contributed by atoms with Crippen molar-refractivity contribution >= 4 is 20.9 Å². The Morgan fingerprint density at radius 3 is 2.77 bits per heavy atom. The van der Waals surface area contributed by atoms with Gasteiger partial charge in [0.25, 0.3) is 0 Å². The van der Waals surface area contributed by atoms with E-state index in [0.29, 0.717) is 12.3 Å². The highest BCUT2D eigenvalue weighted by molar-refractivity contribution is 7.89. The molecule has 0 amide bonds. The number of benzene rings is 1. The van der Waals surface area contributed by atoms with Crippen LogP contribution in [0.25, 0.3) is 10.9 Å². The fourth-order valence-electron chi connectivity index (χ4n) is 3.18. The fraction of sp³-hybridized carbons (Fsp3) is 0.500. The van der Waals surface area contributed by atoms with Gasteiger partial charge in [-0.3, -0.25) is 0 Å². The number of fused-ring (bicyclic) bond motifs is 1. The lowest BCUT2D eigenvalue weighted by Gasteiger charge is -2.22. The van der Waals surface area contributed by atoms with Gasteiger partial charge in [-0.05, 0) is 62.5 Å². The van der Waals surface area contributed by atoms with Gasteiger partial charge in [-0.25, -0.2) is 13.1 Å². The SMILES string of the molecule is CNS(=O)(=O)CCc1ccc2c(C3CCNCC3)c[nH]c2c1. The van der Waals surface area contributed by atoms with Crippen molar-refractivity contribution in [2.75, 3.05) is 25.9 Å². The maximum atomic E-state index is 11.5. The molecule has 1 saturated heterocycles. The quantitative estimate of drug-likeness (QED) is 0.785. The number of hydrogen-bond acceptors (Lipinski definition) is 3. The molecule has 0 bridgehead atoms. The summed E-state index contributed by atoms with van der Waals surface area (Å²) in [7, 11) is -1.70. The normalized spacial score (nSPS) is 17.1. The van der Waals surface area contributed by atoms with Gasteiger partial charge in [0.2, 0.25) is 10.0 Å². The molecule has 0 radical (unpaired) electrons. The summed E-state index contributed by atoms with van der Waals surface area (Å²) in [6.07, 6.45) is 5.00. The van der Waals surface area contributed by atoms with Crippen molar-refractivity contribution in [1.29, 1.82) is 0 Å². The fourth-order valence-corrected chi connectivity index (χ4v) is 3.88. The molecule has 3 rings (SSSR count). The van der Waals surface area contributed by atoms with E-state index >= 15 is 0 Å². The molecule has 0 atom stereocenters. The Morgan fingerprint density at radius 2 is 2.05 bits per heavy atom. The van der Waals surface area contributed by atoms with Crippen LogP contribution in [-0.4, -0.2) is 39.3 Å². The molecule has 0 saturated carbocycles. The molecule has 5 nitrogen and oxygen atoms in total. The minimum absolute atomic E-state index is 0.122. The van der Waals surface area contributed by atoms with Gasteiger partial charge in [0.1, 0.15) is 0 Å². The van der Waals surface area contributed by atoms with Crippen molar-refractivity contribution in [2.45, 2.75) is 25.2 Å². The van der Waals surface area contributed by atoms with Crippen LogP contribution >= 0.6 is 0 Å². The van der Waals surface area contributed by atoms with Gasteiger partial charge in [0.15, 0.2) is 0 Å². The van der Waals surface area contributed by atoms with Crippen molar-refractivity contribution in [2.24, 2.45) is 0 Å². The third-order valence-corrected chi connectivity index (χ3v) is 5.89. The van der Waals surface area contributed by atoms with E-state index < -0.39 is 10.0 Å². The summed E-state index contributed by atoms with van der Waals surface area (Å²) in [5.41, 5.74) is 3.55. The predicted octanol–water partition coefficient (Wildman–Crippen LogP) is 1.73. The molecule has 1 aliphatic heterocycles. The summed E-state index contributed by atoms with van der Waals surface area (Å²) in [6.45, 7) is 2.16. The summed E-state index contributed by atoms with van der Waals surface area (Å²) in [5.74, 6) is 0.738. The molecule has 2 heterocycles. The van der Waals surface area contributed by atoms with Crippen LogP contribution in [0.3, 0.4) is 0 Å². The first-order valence-corrected chi connectivity index (χ1v) is 9.46. The highest BCUT2D eigenvalue weighted by Gasteiger charge is 2.18. The van der Waals surface area contributed by atoms with Gasteiger partial charge >= 0.3 is 0 Å². The maximum Gasteiger partial charge on any atom is 0.211 e. The number of aromatic amines is 1. The van der Waals surface area contributed by atoms with Gasteiger partial charge in [-0.1, -0.05) is 12.1 Å². The predicted molar refractivity (Wildman–Crippen MR) is 89.7 cm³/mol. The minimum Gasteiger partial charge on any atom is -0.361 e. The van der Waals surface area contributed by atoms with Crippen LogP contribution in [0.2, 0.25) is 0 Å². The van der Waals surface area contributed by atoms with Gasteiger partial charge in [-0.2, -0.15) is 0 Å². The zero-order valence-electron chi connectivity index (χ0n) is 12.9. The number of aromatic nitrogens is 1. The van der Waals surface area contributed by atoms with Crippen LogP contribution in [0, 0.1) is 0 Å². The molecule has 0 aliphatic carbocycles. The van der Waals surface area contributed by atoms with Crippen molar-refractivity contribution < 1.29 is 8.42 Å². The van der Waals surface area contributed by atoms with Crippen LogP contribution < -0.4 is 10.0 Å². The first kappa shape index (κ1) is 15.5. The average molecular weight is 321 g/mol. The number of rotatable bonds is 5. The maximum absolute atomic E-state index is 11.5. The van der Waals surface area contributed by atoms with Gasteiger partial charge in [0.05, 0.1) is 5.75 Å². The molecule has 3 N–H and O–H groups in total. The highest BCUT2D eigenvalue weighted by Crippen LogP contribution is 2.31. The second-order valence-electron chi connectivity index (χ2n) is 5.92. The molecule has 0 spiro atoms. The highest BCUT2D eigenvalue weighted by atomic mass is 32.2. The molecule has 1 fully saturated rings. The standard InChI is InChI=1S/C16H23N3O2S/c1-17-22(20,21)9-6-12-2-3-14-15(11-19-16(14)10-12)13-4-7-18-8-5-13/h2-3,10-11,13,17-19H,4-9H2,1H3. The van der Waals surface area contributed by atoms with Crippen molar-refractivity contribution in [3.8, 4) is 0 Å². The van der Waals surface area contributed by atoms with E-state index in [-0.39, 0.29) is 5.75 Å². The van der Waals surface area contributed by atoms with Crippen molar-refractivity contribution in [1.82, 2.24) is 15.0 Å². The smallest absolute Gasteiger partial charge is 0.211 e. The molecule has 6 heteroatoms. The van der Waals surface area contributed by atoms with Gasteiger partial charge < -0.3 is 10.3 Å². The Morgan fingerprint density at radius 1 is 1.27 bits per heavy atom. The lowest BCUT2D eigenvalue weighted by molar-refractivity contribution is 0.462. The van der Waals surface area contributed by atoms with Crippen LogP contribution in [0.4, 0.5) is 0 Å². The number of nitrogens with one attached hydrogen (secondary N) is 3. The molecular formula is C16H23N3O2S. The lowest BCUT2D eigenvalue weighted by atomic mass is 9.90. The summed E-state index contributed by atoms with van der Waals surface area (Å²) >= 11 is 0. The van der Waals surface area contributed by atoms with Crippen molar-refractivity contribution in [3.05, 3.63) is 35.5 Å². The number of sulfonamides is 1. The van der Waals surface area contributed by atoms with E-state index in [4.69, 9.17) is 0 Å². The molecule has 1 aromatic carbocycles. The van der Waals surface area contributed by atoms with Crippen LogP contribution in [-0.2, 0) is 16.4 Å². The summed E-state index contributed by atoms with van der Waals surface area (Å²) in [5, 5.41) is 4.67. The number of hydrogen-bond donors (Lipinski definition) is 3. The Kier molecular flexibility index (Phi) is 4.52. The van der Waals surface area contributed by atoms with Gasteiger partial charge in [-0.15, -0.1) is 0 Å². The van der Waals surface area contributed by atoms with Gasteiger partial charge in [0, 0.05) is 17.1 Å². The minimum atomic E-state index is -3.15. The largest absolute Gasteiger partial charge is 0.361 e. The Balaban J connectivity index is 1.80. The zero-order chi connectivity index (χ0) is 15.6. The summed E-state index contributed by atoms with van der Waals surface area (Å²) in [6, 6.07) is 6.25. The lowest BCUT2D eigenvalue weighted by Crippen LogP contribution is -2.26. The monoisotopic (exact) mass is 321 g/mol. The Bertz CT molecular complexity index is 746. The number of H-pyrrole nitrogens is 1. The third kappa shape index (κ3) is 3.34. The van der Waals surface area contributed by atoms with E-state index in [1.165, 1.54) is 30.8 Å². The van der Waals surface area contributed by atoms with E-state index in [9.17, 15) is 8.42 Å². The average Bonchev–Trinajstić information content (AvgIpc) is 2.97. The second-order valence-corrected chi connectivity index (χ2v) is 7.97. The van der Waals surface area contributed by atoms with E-state index in [1.54, 1.807) is 0 Å². The topological polar surface area (TPSA) is 74.0 Å². The summed E-state index contributed by atoms with van der Waals surface area (Å²) in [4.78, 5) is 3.35.